The van der Waals surface area contributed by atoms with Gasteiger partial charge in [-0.05, 0) is 47.6 Å². The molecule has 1 aromatic carbocycles. The zero-order valence-corrected chi connectivity index (χ0v) is 13.5. The van der Waals surface area contributed by atoms with E-state index in [1.165, 1.54) is 4.90 Å². The zero-order valence-electron chi connectivity index (χ0n) is 10.3. The van der Waals surface area contributed by atoms with E-state index >= 15 is 0 Å². The van der Waals surface area contributed by atoms with Crippen LogP contribution in [0.2, 0.25) is 0 Å². The third kappa shape index (κ3) is 7.26. The first-order valence-electron chi connectivity index (χ1n) is 5.24. The Labute approximate surface area is 125 Å². The van der Waals surface area contributed by atoms with Crippen molar-refractivity contribution in [2.75, 3.05) is 12.5 Å². The molecule has 0 aliphatic rings. The van der Waals surface area contributed by atoms with E-state index in [-0.39, 0.29) is 0 Å². The van der Waals surface area contributed by atoms with Crippen molar-refractivity contribution in [2.45, 2.75) is 9.92 Å². The highest BCUT2D eigenvalue weighted by Gasteiger charge is 1.87. The SMILES string of the molecule is CSSc1ccccc1.CSSc1ccccn1. The molecule has 0 saturated heterocycles. The average molecular weight is 314 g/mol. The van der Waals surface area contributed by atoms with E-state index in [1.54, 1.807) is 49.4 Å². The van der Waals surface area contributed by atoms with Gasteiger partial charge in [0.2, 0.25) is 0 Å². The number of benzene rings is 1. The molecule has 0 fully saturated rings. The maximum atomic E-state index is 4.11. The zero-order chi connectivity index (χ0) is 13.1. The molecule has 0 spiro atoms. The van der Waals surface area contributed by atoms with Gasteiger partial charge in [0.25, 0.3) is 0 Å². The number of nitrogens with zero attached hydrogens (tertiary/aromatic N) is 1. The predicted octanol–water partition coefficient (Wildman–Crippen LogP) is 5.51. The van der Waals surface area contributed by atoms with Crippen molar-refractivity contribution in [3.05, 3.63) is 54.7 Å². The molecule has 0 bridgehead atoms. The highest BCUT2D eigenvalue weighted by atomic mass is 33.1. The van der Waals surface area contributed by atoms with E-state index < -0.39 is 0 Å². The van der Waals surface area contributed by atoms with Crippen molar-refractivity contribution in [2.24, 2.45) is 0 Å². The number of aromatic nitrogens is 1. The van der Waals surface area contributed by atoms with Gasteiger partial charge in [-0.3, -0.25) is 0 Å². The minimum absolute atomic E-state index is 1.07. The first-order valence-corrected chi connectivity index (χ1v) is 10.4. The topological polar surface area (TPSA) is 12.9 Å². The Balaban J connectivity index is 0.000000180. The number of hydrogen-bond acceptors (Lipinski definition) is 5. The summed E-state index contributed by atoms with van der Waals surface area (Å²) in [6.45, 7) is 0. The van der Waals surface area contributed by atoms with Crippen LogP contribution in [0.15, 0.2) is 64.6 Å². The summed E-state index contributed by atoms with van der Waals surface area (Å²) in [6.07, 6.45) is 5.93. The largest absolute Gasteiger partial charge is 0.249 e. The fourth-order valence-electron chi connectivity index (χ4n) is 1.05. The van der Waals surface area contributed by atoms with Crippen molar-refractivity contribution in [1.82, 2.24) is 4.98 Å². The van der Waals surface area contributed by atoms with Crippen molar-refractivity contribution in [3.8, 4) is 0 Å². The lowest BCUT2D eigenvalue weighted by Gasteiger charge is -1.92. The fraction of sp³-hybridized carbons (Fsp3) is 0.154. The molecule has 0 N–H and O–H groups in total. The second-order valence-corrected chi connectivity index (χ2v) is 7.87. The summed E-state index contributed by atoms with van der Waals surface area (Å²) in [5.41, 5.74) is 0. The average Bonchev–Trinajstić information content (AvgIpc) is 2.43. The number of pyridine rings is 1. The summed E-state index contributed by atoms with van der Waals surface area (Å²) in [7, 11) is 6.95. The first-order chi connectivity index (χ1) is 8.86. The maximum absolute atomic E-state index is 4.11. The maximum Gasteiger partial charge on any atom is 0.106 e. The predicted molar refractivity (Wildman–Crippen MR) is 89.4 cm³/mol. The van der Waals surface area contributed by atoms with Crippen molar-refractivity contribution >= 4 is 43.2 Å². The van der Waals surface area contributed by atoms with E-state index in [0.29, 0.717) is 0 Å². The minimum Gasteiger partial charge on any atom is -0.249 e. The Hall–Kier alpha value is -0.230. The van der Waals surface area contributed by atoms with E-state index in [1.807, 2.05) is 30.5 Å². The summed E-state index contributed by atoms with van der Waals surface area (Å²) < 4.78 is 0. The van der Waals surface area contributed by atoms with Crippen LogP contribution < -0.4 is 0 Å². The van der Waals surface area contributed by atoms with Gasteiger partial charge < -0.3 is 0 Å². The normalized spacial score (nSPS) is 9.44. The van der Waals surface area contributed by atoms with E-state index in [2.05, 4.69) is 35.5 Å². The highest BCUT2D eigenvalue weighted by Crippen LogP contribution is 2.27. The molecule has 0 atom stereocenters. The van der Waals surface area contributed by atoms with Crippen LogP contribution in [0.5, 0.6) is 0 Å². The van der Waals surface area contributed by atoms with E-state index in [0.717, 1.165) is 5.03 Å². The summed E-state index contributed by atoms with van der Waals surface area (Å²) in [6, 6.07) is 16.3. The summed E-state index contributed by atoms with van der Waals surface area (Å²) in [4.78, 5) is 5.43. The molecule has 0 aliphatic heterocycles. The van der Waals surface area contributed by atoms with Gasteiger partial charge in [0, 0.05) is 11.1 Å². The lowest BCUT2D eigenvalue weighted by atomic mass is 10.4. The van der Waals surface area contributed by atoms with Crippen molar-refractivity contribution in [3.63, 3.8) is 0 Å². The van der Waals surface area contributed by atoms with Crippen molar-refractivity contribution in [1.29, 1.82) is 0 Å². The second-order valence-electron chi connectivity index (χ2n) is 2.98. The summed E-state index contributed by atoms with van der Waals surface area (Å²) >= 11 is 0. The third-order valence-corrected chi connectivity index (χ3v) is 5.03. The Morgan fingerprint density at radius 1 is 0.778 bits per heavy atom. The number of hydrogen-bond donors (Lipinski definition) is 0. The van der Waals surface area contributed by atoms with Crippen LogP contribution >= 0.6 is 43.2 Å². The fourth-order valence-corrected chi connectivity index (χ4v) is 3.64. The molecule has 0 aliphatic carbocycles. The van der Waals surface area contributed by atoms with Crippen LogP contribution in [0.1, 0.15) is 0 Å². The second kappa shape index (κ2) is 10.7. The van der Waals surface area contributed by atoms with E-state index in [9.17, 15) is 0 Å². The van der Waals surface area contributed by atoms with Crippen LogP contribution in [0.3, 0.4) is 0 Å². The standard InChI is InChI=1S/C7H8S2.C6H7NS2/c1-8-9-7-5-3-2-4-6-7;1-8-9-6-4-2-3-5-7-6/h2-6H,1H3;2-5H,1H3. The highest BCUT2D eigenvalue weighted by molar-refractivity contribution is 8.76. The molecule has 1 nitrogen and oxygen atoms in total. The van der Waals surface area contributed by atoms with Crippen LogP contribution in [-0.2, 0) is 0 Å². The van der Waals surface area contributed by atoms with Gasteiger partial charge in [0.05, 0.1) is 0 Å². The molecule has 0 unspecified atom stereocenters. The van der Waals surface area contributed by atoms with Gasteiger partial charge in [-0.25, -0.2) is 4.98 Å². The van der Waals surface area contributed by atoms with Crippen LogP contribution in [-0.4, -0.2) is 17.5 Å². The van der Waals surface area contributed by atoms with Gasteiger partial charge in [-0.1, -0.05) is 56.6 Å². The Morgan fingerprint density at radius 3 is 2.00 bits per heavy atom. The van der Waals surface area contributed by atoms with Gasteiger partial charge >= 0.3 is 0 Å². The van der Waals surface area contributed by atoms with Crippen molar-refractivity contribution < 1.29 is 0 Å². The van der Waals surface area contributed by atoms with Crippen LogP contribution in [0.4, 0.5) is 0 Å². The molecular formula is C13H15NS4. The smallest absolute Gasteiger partial charge is 0.106 e. The van der Waals surface area contributed by atoms with Gasteiger partial charge in [0.1, 0.15) is 5.03 Å². The molecular weight excluding hydrogens is 298 g/mol. The monoisotopic (exact) mass is 313 g/mol. The molecule has 18 heavy (non-hydrogen) atoms. The molecule has 1 aromatic heterocycles. The van der Waals surface area contributed by atoms with Gasteiger partial charge in [-0.15, -0.1) is 0 Å². The quantitative estimate of drug-likeness (QED) is 0.688. The molecule has 96 valence electrons. The van der Waals surface area contributed by atoms with Crippen LogP contribution in [0.25, 0.3) is 0 Å². The first kappa shape index (κ1) is 15.8. The molecule has 1 heterocycles. The van der Waals surface area contributed by atoms with E-state index in [4.69, 9.17) is 0 Å². The Morgan fingerprint density at radius 2 is 1.44 bits per heavy atom. The lowest BCUT2D eigenvalue weighted by molar-refractivity contribution is 1.14. The minimum atomic E-state index is 1.07. The van der Waals surface area contributed by atoms with Gasteiger partial charge in [-0.2, -0.15) is 0 Å². The Kier molecular flexibility index (Phi) is 9.38. The molecule has 0 radical (unpaired) electrons. The van der Waals surface area contributed by atoms with Gasteiger partial charge in [0.15, 0.2) is 0 Å². The molecule has 2 rings (SSSR count). The van der Waals surface area contributed by atoms with Crippen LogP contribution in [0, 0.1) is 0 Å². The summed E-state index contributed by atoms with van der Waals surface area (Å²) in [5.74, 6) is 0. The number of rotatable bonds is 4. The molecule has 0 saturated carbocycles. The Bertz CT molecular complexity index is 366. The summed E-state index contributed by atoms with van der Waals surface area (Å²) in [5, 5.41) is 1.07. The molecule has 0 amide bonds. The third-order valence-electron chi connectivity index (χ3n) is 1.73. The molecule has 5 heteroatoms. The lowest BCUT2D eigenvalue weighted by Crippen LogP contribution is -1.71. The molecule has 2 aromatic rings.